The van der Waals surface area contributed by atoms with E-state index >= 15 is 0 Å². The van der Waals surface area contributed by atoms with E-state index in [4.69, 9.17) is 5.73 Å². The zero-order valence-corrected chi connectivity index (χ0v) is 9.34. The Balaban J connectivity index is 2.24. The van der Waals surface area contributed by atoms with Gasteiger partial charge in [-0.15, -0.1) is 0 Å². The van der Waals surface area contributed by atoms with Crippen LogP contribution in [0.2, 0.25) is 0 Å². The van der Waals surface area contributed by atoms with Crippen molar-refractivity contribution in [3.8, 4) is 0 Å². The molecule has 1 atom stereocenters. The Labute approximate surface area is 94.0 Å². The van der Waals surface area contributed by atoms with Crippen LogP contribution >= 0.6 is 0 Å². The molecule has 1 saturated heterocycles. The van der Waals surface area contributed by atoms with Gasteiger partial charge < -0.3 is 10.6 Å². The number of aryl methyl sites for hydroxylation is 1. The molecule has 0 amide bonds. The summed E-state index contributed by atoms with van der Waals surface area (Å²) in [4.78, 5) is 1.87. The van der Waals surface area contributed by atoms with Crippen LogP contribution in [0.15, 0.2) is 12.1 Å². The number of nitrogens with zero attached hydrogens (tertiary/aromatic N) is 1. The number of halogens is 2. The second-order valence-corrected chi connectivity index (χ2v) is 4.39. The van der Waals surface area contributed by atoms with E-state index in [-0.39, 0.29) is 11.6 Å². The molecule has 1 heterocycles. The summed E-state index contributed by atoms with van der Waals surface area (Å²) in [6, 6.07) is 2.53. The summed E-state index contributed by atoms with van der Waals surface area (Å²) < 4.78 is 27.0. The second-order valence-electron chi connectivity index (χ2n) is 4.39. The van der Waals surface area contributed by atoms with Gasteiger partial charge in [0.25, 0.3) is 0 Å². The maximum absolute atomic E-state index is 13.7. The first-order valence-corrected chi connectivity index (χ1v) is 5.52. The van der Waals surface area contributed by atoms with Gasteiger partial charge in [-0.25, -0.2) is 8.78 Å². The molecule has 1 aromatic carbocycles. The molecule has 4 heteroatoms. The van der Waals surface area contributed by atoms with Gasteiger partial charge >= 0.3 is 0 Å². The van der Waals surface area contributed by atoms with E-state index in [1.807, 2.05) is 4.90 Å². The molecule has 1 aromatic rings. The number of anilines is 1. The Morgan fingerprint density at radius 1 is 1.38 bits per heavy atom. The highest BCUT2D eigenvalue weighted by Gasteiger charge is 2.24. The maximum atomic E-state index is 13.7. The molecule has 1 unspecified atom stereocenters. The predicted molar refractivity (Wildman–Crippen MR) is 60.5 cm³/mol. The summed E-state index contributed by atoms with van der Waals surface area (Å²) in [5.41, 5.74) is 6.28. The third kappa shape index (κ3) is 2.02. The van der Waals surface area contributed by atoms with Crippen molar-refractivity contribution >= 4 is 5.69 Å². The number of rotatable bonds is 2. The minimum Gasteiger partial charge on any atom is -0.369 e. The van der Waals surface area contributed by atoms with Gasteiger partial charge in [-0.3, -0.25) is 0 Å². The lowest BCUT2D eigenvalue weighted by Crippen LogP contribution is -2.23. The van der Waals surface area contributed by atoms with E-state index in [2.05, 4.69) is 0 Å². The monoisotopic (exact) mass is 226 g/mol. The molecular formula is C12H16F2N2. The van der Waals surface area contributed by atoms with Gasteiger partial charge in [-0.1, -0.05) is 0 Å². The molecule has 0 aromatic heterocycles. The largest absolute Gasteiger partial charge is 0.369 e. The fraction of sp³-hybridized carbons (Fsp3) is 0.500. The molecule has 0 bridgehead atoms. The summed E-state index contributed by atoms with van der Waals surface area (Å²) in [6.45, 7) is 3.64. The second kappa shape index (κ2) is 4.37. The van der Waals surface area contributed by atoms with Crippen LogP contribution in [0.1, 0.15) is 12.0 Å². The van der Waals surface area contributed by atoms with Gasteiger partial charge in [0.2, 0.25) is 0 Å². The maximum Gasteiger partial charge on any atom is 0.146 e. The van der Waals surface area contributed by atoms with Crippen LogP contribution in [0.3, 0.4) is 0 Å². The number of benzene rings is 1. The fourth-order valence-corrected chi connectivity index (χ4v) is 2.12. The molecule has 88 valence electrons. The highest BCUT2D eigenvalue weighted by Crippen LogP contribution is 2.27. The van der Waals surface area contributed by atoms with Gasteiger partial charge in [0.1, 0.15) is 11.6 Å². The molecule has 0 radical (unpaired) electrons. The Kier molecular flexibility index (Phi) is 3.10. The van der Waals surface area contributed by atoms with E-state index < -0.39 is 0 Å². The van der Waals surface area contributed by atoms with Crippen LogP contribution in [0.4, 0.5) is 14.5 Å². The van der Waals surface area contributed by atoms with Crippen molar-refractivity contribution in [2.24, 2.45) is 11.7 Å². The van der Waals surface area contributed by atoms with Crippen molar-refractivity contribution in [3.63, 3.8) is 0 Å². The fourth-order valence-electron chi connectivity index (χ4n) is 2.12. The minimum absolute atomic E-state index is 0.343. The lowest BCUT2D eigenvalue weighted by molar-refractivity contribution is 0.584. The molecule has 1 aliphatic heterocycles. The quantitative estimate of drug-likeness (QED) is 0.836. The highest BCUT2D eigenvalue weighted by molar-refractivity contribution is 5.50. The van der Waals surface area contributed by atoms with Crippen LogP contribution in [0, 0.1) is 24.5 Å². The van der Waals surface area contributed by atoms with E-state index in [9.17, 15) is 8.78 Å². The van der Waals surface area contributed by atoms with Crippen molar-refractivity contribution in [2.45, 2.75) is 13.3 Å². The highest BCUT2D eigenvalue weighted by atomic mass is 19.1. The molecule has 0 saturated carbocycles. The van der Waals surface area contributed by atoms with Crippen molar-refractivity contribution in [2.75, 3.05) is 24.5 Å². The summed E-state index contributed by atoms with van der Waals surface area (Å²) in [7, 11) is 0. The average molecular weight is 226 g/mol. The van der Waals surface area contributed by atoms with E-state index in [1.165, 1.54) is 12.1 Å². The Bertz CT molecular complexity index is 393. The Hall–Kier alpha value is -1.16. The molecule has 0 aliphatic carbocycles. The molecule has 16 heavy (non-hydrogen) atoms. The molecule has 1 fully saturated rings. The predicted octanol–water partition coefficient (Wildman–Crippen LogP) is 2.06. The molecule has 2 nitrogen and oxygen atoms in total. The number of hydrogen-bond acceptors (Lipinski definition) is 2. The van der Waals surface area contributed by atoms with Crippen molar-refractivity contribution in [1.82, 2.24) is 0 Å². The molecule has 0 spiro atoms. The smallest absolute Gasteiger partial charge is 0.146 e. The van der Waals surface area contributed by atoms with Crippen molar-refractivity contribution < 1.29 is 8.78 Å². The van der Waals surface area contributed by atoms with Crippen LogP contribution in [-0.2, 0) is 0 Å². The minimum atomic E-state index is -0.354. The Morgan fingerprint density at radius 3 is 2.75 bits per heavy atom. The molecule has 2 rings (SSSR count). The molecule has 1 aliphatic rings. The van der Waals surface area contributed by atoms with E-state index in [1.54, 1.807) is 6.92 Å². The SMILES string of the molecule is Cc1cc(F)c(N2CCC(CN)C2)cc1F. The van der Waals surface area contributed by atoms with Crippen LogP contribution in [-0.4, -0.2) is 19.6 Å². The average Bonchev–Trinajstić information content (AvgIpc) is 2.71. The molecular weight excluding hydrogens is 210 g/mol. The van der Waals surface area contributed by atoms with Gasteiger partial charge in [0.15, 0.2) is 0 Å². The molecule has 2 N–H and O–H groups in total. The first-order valence-electron chi connectivity index (χ1n) is 5.52. The normalized spacial score (nSPS) is 20.5. The summed E-state index contributed by atoms with van der Waals surface area (Å²) in [5, 5.41) is 0. The zero-order valence-electron chi connectivity index (χ0n) is 9.34. The lowest BCUT2D eigenvalue weighted by atomic mass is 10.1. The van der Waals surface area contributed by atoms with Gasteiger partial charge in [-0.05, 0) is 37.4 Å². The third-order valence-electron chi connectivity index (χ3n) is 3.19. The van der Waals surface area contributed by atoms with Crippen molar-refractivity contribution in [3.05, 3.63) is 29.3 Å². The van der Waals surface area contributed by atoms with Crippen LogP contribution in [0.5, 0.6) is 0 Å². The van der Waals surface area contributed by atoms with E-state index in [0.29, 0.717) is 23.7 Å². The van der Waals surface area contributed by atoms with Crippen molar-refractivity contribution in [1.29, 1.82) is 0 Å². The standard InChI is InChI=1S/C12H16F2N2/c1-8-4-11(14)12(5-10(8)13)16-3-2-9(6-15)7-16/h4-5,9H,2-3,6-7,15H2,1H3. The topological polar surface area (TPSA) is 29.3 Å². The third-order valence-corrected chi connectivity index (χ3v) is 3.19. The number of hydrogen-bond donors (Lipinski definition) is 1. The lowest BCUT2D eigenvalue weighted by Gasteiger charge is -2.19. The van der Waals surface area contributed by atoms with Gasteiger partial charge in [-0.2, -0.15) is 0 Å². The first-order chi connectivity index (χ1) is 7.61. The summed E-state index contributed by atoms with van der Waals surface area (Å²) in [5.74, 6) is -0.312. The van der Waals surface area contributed by atoms with E-state index in [0.717, 1.165) is 19.5 Å². The number of nitrogens with two attached hydrogens (primary N) is 1. The van der Waals surface area contributed by atoms with Crippen LogP contribution < -0.4 is 10.6 Å². The Morgan fingerprint density at radius 2 is 2.12 bits per heavy atom. The van der Waals surface area contributed by atoms with Crippen LogP contribution in [0.25, 0.3) is 0 Å². The summed E-state index contributed by atoms with van der Waals surface area (Å²) in [6.07, 6.45) is 0.950. The van der Waals surface area contributed by atoms with Gasteiger partial charge in [0, 0.05) is 19.2 Å². The summed E-state index contributed by atoms with van der Waals surface area (Å²) >= 11 is 0. The zero-order chi connectivity index (χ0) is 11.7. The van der Waals surface area contributed by atoms with Gasteiger partial charge in [0.05, 0.1) is 5.69 Å². The first kappa shape index (κ1) is 11.3.